The normalized spacial score (nSPS) is 12.7. The third-order valence-corrected chi connectivity index (χ3v) is 1.57. The summed E-state index contributed by atoms with van der Waals surface area (Å²) >= 11 is 0. The number of carbonyl (C=O) groups is 1. The highest BCUT2D eigenvalue weighted by Gasteiger charge is 2.09. The monoisotopic (exact) mass is 223 g/mol. The topological polar surface area (TPSA) is 128 Å². The van der Waals surface area contributed by atoms with Crippen molar-refractivity contribution in [2.45, 2.75) is 6.92 Å². The molecule has 0 aliphatic rings. The average molecular weight is 223 g/mol. The zero-order valence-corrected chi connectivity index (χ0v) is 8.00. The highest BCUT2D eigenvalue weighted by Crippen LogP contribution is 1.94. The summed E-state index contributed by atoms with van der Waals surface area (Å²) in [4.78, 5) is 13.4. The Morgan fingerprint density at radius 2 is 2.00 bits per heavy atom. The van der Waals surface area contributed by atoms with Crippen molar-refractivity contribution in [2.24, 2.45) is 4.99 Å². The van der Waals surface area contributed by atoms with Gasteiger partial charge in [0.05, 0.1) is 5.70 Å². The molecule has 0 aliphatic carbocycles. The summed E-state index contributed by atoms with van der Waals surface area (Å²) in [5.74, 6) is -0.778. The molecule has 0 bridgehead atoms. The van der Waals surface area contributed by atoms with E-state index in [-0.39, 0.29) is 5.70 Å². The van der Waals surface area contributed by atoms with Crippen LogP contribution in [0.5, 0.6) is 0 Å². The van der Waals surface area contributed by atoms with Crippen LogP contribution in [0.3, 0.4) is 0 Å². The molecule has 0 spiro atoms. The number of urea groups is 1. The van der Waals surface area contributed by atoms with Crippen molar-refractivity contribution < 1.29 is 22.9 Å². The van der Waals surface area contributed by atoms with Crippen LogP contribution < -0.4 is 10.0 Å². The predicted octanol–water partition coefficient (Wildman–Crippen LogP) is -0.464. The maximum absolute atomic E-state index is 10.5. The second-order valence-corrected chi connectivity index (χ2v) is 3.29. The Kier molecular flexibility index (Phi) is 4.05. The summed E-state index contributed by atoms with van der Waals surface area (Å²) in [7, 11) is -4.48. The lowest BCUT2D eigenvalue weighted by Gasteiger charge is -2.05. The minimum atomic E-state index is -4.48. The van der Waals surface area contributed by atoms with Gasteiger partial charge in [0.25, 0.3) is 0 Å². The lowest BCUT2D eigenvalue weighted by atomic mass is 10.5. The molecule has 9 heteroatoms. The smallest absolute Gasteiger partial charge is 0.357 e. The number of amides is 2. The molecule has 0 aromatic rings. The average Bonchev–Trinajstić information content (AvgIpc) is 2.00. The van der Waals surface area contributed by atoms with Crippen LogP contribution in [0.25, 0.3) is 0 Å². The molecule has 0 rings (SSSR count). The molecule has 0 unspecified atom stereocenters. The number of nitrogens with one attached hydrogen (secondary N) is 2. The Labute approximate surface area is 80.2 Å². The van der Waals surface area contributed by atoms with Gasteiger partial charge in [-0.1, -0.05) is 0 Å². The first-order valence-corrected chi connectivity index (χ1v) is 4.63. The van der Waals surface area contributed by atoms with Crippen LogP contribution in [0.1, 0.15) is 6.92 Å². The Balaban J connectivity index is 4.60. The fourth-order valence-corrected chi connectivity index (χ4v) is 0.960. The first-order valence-electron chi connectivity index (χ1n) is 3.19. The van der Waals surface area contributed by atoms with E-state index in [0.717, 1.165) is 6.92 Å². The molecule has 0 fully saturated rings. The van der Waals surface area contributed by atoms with Crippen molar-refractivity contribution in [3.63, 3.8) is 0 Å². The maximum atomic E-state index is 10.5. The summed E-state index contributed by atoms with van der Waals surface area (Å²) < 4.78 is 30.3. The van der Waals surface area contributed by atoms with E-state index in [9.17, 15) is 13.2 Å². The van der Waals surface area contributed by atoms with Gasteiger partial charge in [-0.2, -0.15) is 8.42 Å². The Bertz CT molecular complexity index is 371. The molecule has 0 aromatic carbocycles. The number of rotatable bonds is 3. The Morgan fingerprint density at radius 3 is 2.36 bits per heavy atom. The molecule has 8 nitrogen and oxygen atoms in total. The molecule has 0 aromatic heterocycles. The molecular weight excluding hydrogens is 214 g/mol. The second-order valence-electron chi connectivity index (χ2n) is 2.14. The molecule has 0 aliphatic heterocycles. The van der Waals surface area contributed by atoms with E-state index in [2.05, 4.69) is 11.7 Å². The molecule has 0 saturated heterocycles. The molecular formula is C5H9N3O5S. The quantitative estimate of drug-likeness (QED) is 0.292. The van der Waals surface area contributed by atoms with Crippen LogP contribution in [0.2, 0.25) is 0 Å². The first-order chi connectivity index (χ1) is 6.26. The predicted molar refractivity (Wildman–Crippen MR) is 48.1 cm³/mol. The van der Waals surface area contributed by atoms with E-state index in [1.54, 1.807) is 5.32 Å². The lowest BCUT2D eigenvalue weighted by Crippen LogP contribution is -2.27. The van der Waals surface area contributed by atoms with Crippen molar-refractivity contribution >= 4 is 23.1 Å². The summed E-state index contributed by atoms with van der Waals surface area (Å²) in [6.45, 7) is 3.98. The number of aliphatic hydroxyl groups excluding tert-OH is 1. The number of carbonyl (C=O) groups excluding carboxylic acids is 1. The first kappa shape index (κ1) is 12.4. The molecule has 14 heavy (non-hydrogen) atoms. The number of hydrogen-bond donors (Lipinski definition) is 4. The van der Waals surface area contributed by atoms with Crippen LogP contribution in [-0.4, -0.2) is 30.8 Å². The van der Waals surface area contributed by atoms with Gasteiger partial charge in [0.15, 0.2) is 0 Å². The van der Waals surface area contributed by atoms with Gasteiger partial charge in [-0.05, 0) is 13.6 Å². The Hall–Kier alpha value is -1.61. The zero-order valence-electron chi connectivity index (χ0n) is 7.18. The van der Waals surface area contributed by atoms with Crippen molar-refractivity contribution in [1.29, 1.82) is 0 Å². The van der Waals surface area contributed by atoms with Crippen molar-refractivity contribution in [3.05, 3.63) is 11.6 Å². The van der Waals surface area contributed by atoms with E-state index in [1.165, 1.54) is 4.72 Å². The van der Waals surface area contributed by atoms with Crippen molar-refractivity contribution in [1.82, 2.24) is 10.0 Å². The van der Waals surface area contributed by atoms with Crippen LogP contribution in [-0.2, 0) is 10.3 Å². The summed E-state index contributed by atoms with van der Waals surface area (Å²) in [5.41, 5.74) is -0.357. The molecule has 0 saturated carbocycles. The molecule has 0 heterocycles. The number of nitrogens with zero attached hydrogens (tertiary/aromatic N) is 1. The highest BCUT2D eigenvalue weighted by atomic mass is 32.2. The van der Waals surface area contributed by atoms with Crippen molar-refractivity contribution in [2.75, 3.05) is 0 Å². The standard InChI is InChI=1S/C5H9N3O5S/c1-3(8-14(11,12)13)4(9)7-5(10)6-2/h8-9H,2H2,1H3,(H,7,10)(H,11,12,13)/b4-3-. The molecule has 0 atom stereocenters. The van der Waals surface area contributed by atoms with Gasteiger partial charge in [-0.3, -0.25) is 14.6 Å². The van der Waals surface area contributed by atoms with E-state index in [0.29, 0.717) is 0 Å². The molecule has 2 amide bonds. The van der Waals surface area contributed by atoms with Gasteiger partial charge < -0.3 is 5.11 Å². The van der Waals surface area contributed by atoms with E-state index in [1.807, 2.05) is 0 Å². The summed E-state index contributed by atoms with van der Waals surface area (Å²) in [6.07, 6.45) is 0. The second kappa shape index (κ2) is 4.58. The van der Waals surface area contributed by atoms with Gasteiger partial charge in [0.2, 0.25) is 5.88 Å². The van der Waals surface area contributed by atoms with E-state index >= 15 is 0 Å². The van der Waals surface area contributed by atoms with E-state index in [4.69, 9.17) is 9.66 Å². The van der Waals surface area contributed by atoms with E-state index < -0.39 is 22.2 Å². The van der Waals surface area contributed by atoms with Crippen LogP contribution >= 0.6 is 0 Å². The molecule has 4 N–H and O–H groups in total. The summed E-state index contributed by atoms with van der Waals surface area (Å²) in [6, 6.07) is -0.959. The van der Waals surface area contributed by atoms with Gasteiger partial charge in [-0.25, -0.2) is 9.79 Å². The number of aliphatic hydroxyl groups is 1. The SMILES string of the molecule is C=NC(=O)N/C(O)=C(\C)NS(=O)(=O)O. The highest BCUT2D eigenvalue weighted by molar-refractivity contribution is 7.83. The number of aliphatic imine (C=N–C) groups is 1. The summed E-state index contributed by atoms with van der Waals surface area (Å²) in [5, 5.41) is 10.8. The van der Waals surface area contributed by atoms with Crippen LogP contribution in [0.15, 0.2) is 16.6 Å². The van der Waals surface area contributed by atoms with Crippen LogP contribution in [0, 0.1) is 0 Å². The van der Waals surface area contributed by atoms with Gasteiger partial charge >= 0.3 is 16.3 Å². The molecule has 80 valence electrons. The Morgan fingerprint density at radius 1 is 1.50 bits per heavy atom. The molecule has 0 radical (unpaired) electrons. The lowest BCUT2D eigenvalue weighted by molar-refractivity contribution is 0.244. The number of allylic oxidation sites excluding steroid dienone is 1. The van der Waals surface area contributed by atoms with Gasteiger partial charge in [0, 0.05) is 0 Å². The zero-order chi connectivity index (χ0) is 11.4. The third-order valence-electron chi connectivity index (χ3n) is 1.01. The van der Waals surface area contributed by atoms with Gasteiger partial charge in [0.1, 0.15) is 0 Å². The van der Waals surface area contributed by atoms with Gasteiger partial charge in [-0.15, -0.1) is 0 Å². The fourth-order valence-electron chi connectivity index (χ4n) is 0.476. The largest absolute Gasteiger partial charge is 0.493 e. The van der Waals surface area contributed by atoms with Crippen molar-refractivity contribution in [3.8, 4) is 0 Å². The minimum absolute atomic E-state index is 0.357. The number of hydrogen-bond acceptors (Lipinski definition) is 4. The fraction of sp³-hybridized carbons (Fsp3) is 0.200. The maximum Gasteiger partial charge on any atom is 0.357 e. The third kappa shape index (κ3) is 5.11. The minimum Gasteiger partial charge on any atom is -0.493 e. The van der Waals surface area contributed by atoms with Crippen LogP contribution in [0.4, 0.5) is 4.79 Å².